The molecule has 0 amide bonds. The predicted molar refractivity (Wildman–Crippen MR) is 47.1 cm³/mol. The van der Waals surface area contributed by atoms with Gasteiger partial charge in [-0.1, -0.05) is 13.2 Å². The molecule has 0 unspecified atom stereocenters. The summed E-state index contributed by atoms with van der Waals surface area (Å²) in [5, 5.41) is 0. The molecule has 0 aliphatic rings. The second kappa shape index (κ2) is 5.33. The van der Waals surface area contributed by atoms with Crippen LogP contribution in [0.2, 0.25) is 0 Å². The molecule has 0 aromatic carbocycles. The van der Waals surface area contributed by atoms with Gasteiger partial charge in [-0.2, -0.15) is 26.3 Å². The molecule has 0 fully saturated rings. The highest BCUT2D eigenvalue weighted by atomic mass is 19.3. The molecule has 2 nitrogen and oxygen atoms in total. The SMILES string of the molecule is C=COCC(F)(F)C(F)(F)C(F)(F)COC=C. The quantitative estimate of drug-likeness (QED) is 0.495. The average molecular weight is 264 g/mol. The van der Waals surface area contributed by atoms with E-state index in [2.05, 4.69) is 22.6 Å². The molecule has 0 bridgehead atoms. The number of alkyl halides is 6. The van der Waals surface area contributed by atoms with Crippen molar-refractivity contribution in [3.8, 4) is 0 Å². The Bertz CT molecular complexity index is 251. The smallest absolute Gasteiger partial charge is 0.378 e. The molecule has 0 radical (unpaired) electrons. The van der Waals surface area contributed by atoms with Crippen LogP contribution in [0.1, 0.15) is 0 Å². The minimum atomic E-state index is -5.62. The molecular weight excluding hydrogens is 254 g/mol. The molecule has 0 N–H and O–H groups in total. The zero-order chi connectivity index (χ0) is 13.7. The average Bonchev–Trinajstić information content (AvgIpc) is 2.23. The Balaban J connectivity index is 4.93. The topological polar surface area (TPSA) is 18.5 Å². The second-order valence-corrected chi connectivity index (χ2v) is 2.94. The van der Waals surface area contributed by atoms with E-state index in [1.54, 1.807) is 0 Å². The van der Waals surface area contributed by atoms with E-state index in [1.807, 2.05) is 0 Å². The van der Waals surface area contributed by atoms with E-state index in [4.69, 9.17) is 0 Å². The zero-order valence-corrected chi connectivity index (χ0v) is 8.57. The van der Waals surface area contributed by atoms with E-state index < -0.39 is 31.0 Å². The standard InChI is InChI=1S/C9H10F6O2/c1-3-16-5-7(10,11)9(14,15)8(12,13)6-17-4-2/h3-4H,1-2,5-6H2. The van der Waals surface area contributed by atoms with E-state index in [9.17, 15) is 26.3 Å². The summed E-state index contributed by atoms with van der Waals surface area (Å²) >= 11 is 0. The Kier molecular flexibility index (Phi) is 4.91. The minimum absolute atomic E-state index is 0.447. The van der Waals surface area contributed by atoms with Crippen molar-refractivity contribution in [3.63, 3.8) is 0 Å². The molecule has 0 rings (SSSR count). The van der Waals surface area contributed by atoms with Gasteiger partial charge in [-0.25, -0.2) is 0 Å². The lowest BCUT2D eigenvalue weighted by atomic mass is 10.1. The van der Waals surface area contributed by atoms with Gasteiger partial charge >= 0.3 is 17.8 Å². The van der Waals surface area contributed by atoms with Crippen LogP contribution in [0.25, 0.3) is 0 Å². The third-order valence-corrected chi connectivity index (χ3v) is 1.68. The van der Waals surface area contributed by atoms with Gasteiger partial charge in [0.2, 0.25) is 0 Å². The number of ether oxygens (including phenoxy) is 2. The summed E-state index contributed by atoms with van der Waals surface area (Å²) in [6.45, 7) is 1.84. The van der Waals surface area contributed by atoms with Crippen LogP contribution >= 0.6 is 0 Å². The Morgan fingerprint density at radius 3 is 1.29 bits per heavy atom. The highest BCUT2D eigenvalue weighted by Gasteiger charge is 2.72. The van der Waals surface area contributed by atoms with Crippen LogP contribution in [0.4, 0.5) is 26.3 Å². The normalized spacial score (nSPS) is 13.1. The largest absolute Gasteiger partial charge is 0.495 e. The van der Waals surface area contributed by atoms with Gasteiger partial charge in [-0.05, 0) is 0 Å². The Hall–Kier alpha value is -1.34. The monoisotopic (exact) mass is 264 g/mol. The van der Waals surface area contributed by atoms with Crippen LogP contribution < -0.4 is 0 Å². The first-order chi connectivity index (χ1) is 7.62. The fourth-order valence-corrected chi connectivity index (χ4v) is 0.776. The molecule has 100 valence electrons. The molecular formula is C9H10F6O2. The van der Waals surface area contributed by atoms with E-state index in [1.165, 1.54) is 0 Å². The van der Waals surface area contributed by atoms with Crippen molar-refractivity contribution in [2.75, 3.05) is 13.2 Å². The first-order valence-electron chi connectivity index (χ1n) is 4.21. The van der Waals surface area contributed by atoms with Gasteiger partial charge in [-0.15, -0.1) is 0 Å². The van der Waals surface area contributed by atoms with Gasteiger partial charge in [-0.3, -0.25) is 0 Å². The first kappa shape index (κ1) is 15.7. The van der Waals surface area contributed by atoms with Gasteiger partial charge in [0.15, 0.2) is 13.2 Å². The number of hydrogen-bond acceptors (Lipinski definition) is 2. The summed E-state index contributed by atoms with van der Waals surface area (Å²) in [5.74, 6) is -15.7. The van der Waals surface area contributed by atoms with E-state index >= 15 is 0 Å². The summed E-state index contributed by atoms with van der Waals surface area (Å²) in [5.41, 5.74) is 0. The van der Waals surface area contributed by atoms with Crippen LogP contribution in [-0.4, -0.2) is 31.0 Å². The molecule has 0 saturated heterocycles. The minimum Gasteiger partial charge on any atom is -0.495 e. The predicted octanol–water partition coefficient (Wildman–Crippen LogP) is 3.21. The Labute approximate surface area is 93.5 Å². The molecule has 8 heteroatoms. The summed E-state index contributed by atoms with van der Waals surface area (Å²) in [4.78, 5) is 0. The van der Waals surface area contributed by atoms with E-state index in [-0.39, 0.29) is 0 Å². The zero-order valence-electron chi connectivity index (χ0n) is 8.57. The molecule has 0 aromatic heterocycles. The van der Waals surface area contributed by atoms with Crippen molar-refractivity contribution < 1.29 is 35.8 Å². The maximum Gasteiger partial charge on any atom is 0.378 e. The van der Waals surface area contributed by atoms with Crippen LogP contribution in [0.15, 0.2) is 25.7 Å². The molecule has 0 heterocycles. The van der Waals surface area contributed by atoms with Crippen molar-refractivity contribution in [1.82, 2.24) is 0 Å². The van der Waals surface area contributed by atoms with Crippen LogP contribution in [0, 0.1) is 0 Å². The van der Waals surface area contributed by atoms with E-state index in [0.29, 0.717) is 12.5 Å². The van der Waals surface area contributed by atoms with Gasteiger partial charge < -0.3 is 9.47 Å². The number of hydrogen-bond donors (Lipinski definition) is 0. The first-order valence-corrected chi connectivity index (χ1v) is 4.21. The fraction of sp³-hybridized carbons (Fsp3) is 0.556. The van der Waals surface area contributed by atoms with Crippen LogP contribution in [0.3, 0.4) is 0 Å². The maximum absolute atomic E-state index is 12.9. The third kappa shape index (κ3) is 3.31. The van der Waals surface area contributed by atoms with Crippen molar-refractivity contribution in [2.45, 2.75) is 17.8 Å². The van der Waals surface area contributed by atoms with Gasteiger partial charge in [0.1, 0.15) is 0 Å². The molecule has 0 atom stereocenters. The number of rotatable bonds is 8. The Morgan fingerprint density at radius 1 is 0.765 bits per heavy atom. The maximum atomic E-state index is 12.9. The lowest BCUT2D eigenvalue weighted by Gasteiger charge is -2.31. The Morgan fingerprint density at radius 2 is 1.06 bits per heavy atom. The van der Waals surface area contributed by atoms with Crippen LogP contribution in [-0.2, 0) is 9.47 Å². The van der Waals surface area contributed by atoms with E-state index in [0.717, 1.165) is 0 Å². The summed E-state index contributed by atoms with van der Waals surface area (Å²) < 4.78 is 84.8. The lowest BCUT2D eigenvalue weighted by molar-refractivity contribution is -0.323. The van der Waals surface area contributed by atoms with Gasteiger partial charge in [0.05, 0.1) is 12.5 Å². The number of halogens is 6. The highest BCUT2D eigenvalue weighted by molar-refractivity contribution is 4.96. The molecule has 0 saturated carbocycles. The van der Waals surface area contributed by atoms with Gasteiger partial charge in [0, 0.05) is 0 Å². The molecule has 17 heavy (non-hydrogen) atoms. The van der Waals surface area contributed by atoms with Crippen molar-refractivity contribution >= 4 is 0 Å². The molecule has 0 spiro atoms. The van der Waals surface area contributed by atoms with Crippen LogP contribution in [0.5, 0.6) is 0 Å². The van der Waals surface area contributed by atoms with Gasteiger partial charge in [0.25, 0.3) is 0 Å². The van der Waals surface area contributed by atoms with Crippen molar-refractivity contribution in [3.05, 3.63) is 25.7 Å². The summed E-state index contributed by atoms with van der Waals surface area (Å²) in [7, 11) is 0. The highest BCUT2D eigenvalue weighted by Crippen LogP contribution is 2.45. The van der Waals surface area contributed by atoms with Crippen molar-refractivity contribution in [2.24, 2.45) is 0 Å². The second-order valence-electron chi connectivity index (χ2n) is 2.94. The lowest BCUT2D eigenvalue weighted by Crippen LogP contribution is -2.57. The molecule has 0 aliphatic carbocycles. The molecule has 0 aliphatic heterocycles. The third-order valence-electron chi connectivity index (χ3n) is 1.68. The molecule has 0 aromatic rings. The van der Waals surface area contributed by atoms with Crippen molar-refractivity contribution in [1.29, 1.82) is 0 Å². The fourth-order valence-electron chi connectivity index (χ4n) is 0.776. The summed E-state index contributed by atoms with van der Waals surface area (Å²) in [6, 6.07) is 0. The summed E-state index contributed by atoms with van der Waals surface area (Å²) in [6.07, 6.45) is 0.894.